The molecule has 1 aliphatic carbocycles. The number of hydrogen-bond acceptors (Lipinski definition) is 0. The van der Waals surface area contributed by atoms with E-state index in [1.807, 2.05) is 0 Å². The molecular weight excluding hydrogens is 432 g/mol. The first-order valence-corrected chi connectivity index (χ1v) is 16.8. The van der Waals surface area contributed by atoms with E-state index >= 15 is 0 Å². The quantitative estimate of drug-likeness (QED) is 0.0916. The fourth-order valence-electron chi connectivity index (χ4n) is 6.26. The van der Waals surface area contributed by atoms with E-state index in [-0.39, 0.29) is 0 Å². The molecule has 0 bridgehead atoms. The molecule has 0 saturated carbocycles. The summed E-state index contributed by atoms with van der Waals surface area (Å²) in [5.41, 5.74) is 0. The third-order valence-electron chi connectivity index (χ3n) is 8.64. The first-order valence-electron chi connectivity index (χ1n) is 16.8. The standard InChI is InChI=1S/C36H66/c1-5-9-13-17-20-24-28-34-32-31-33(27-23-16-12-8-4)35(29-25-21-18-14-10-6-2)36(34)30-26-22-19-15-11-7-3/h21-22,25-26,31-36H,5-20,23-24,27-30H2,1-4H3/b25-21+,26-22+. The fraction of sp³-hybridized carbons (Fsp3) is 0.833. The highest BCUT2D eigenvalue weighted by Gasteiger charge is 2.34. The van der Waals surface area contributed by atoms with E-state index in [0.29, 0.717) is 0 Å². The first kappa shape index (κ1) is 33.2. The molecule has 4 unspecified atom stereocenters. The van der Waals surface area contributed by atoms with Gasteiger partial charge in [-0.2, -0.15) is 0 Å². The van der Waals surface area contributed by atoms with Crippen molar-refractivity contribution in [3.63, 3.8) is 0 Å². The van der Waals surface area contributed by atoms with Crippen LogP contribution in [0.25, 0.3) is 0 Å². The smallest absolute Gasteiger partial charge is 0.0199 e. The van der Waals surface area contributed by atoms with Gasteiger partial charge in [0.25, 0.3) is 0 Å². The predicted octanol–water partition coefficient (Wildman–Crippen LogP) is 12.8. The molecule has 0 fully saturated rings. The SMILES string of the molecule is CCCCC/C=C/CC1C(CCCCCC)C=CC(CCCCCCCC)C1C/C=C/CCCCC. The van der Waals surface area contributed by atoms with Gasteiger partial charge in [-0.3, -0.25) is 0 Å². The van der Waals surface area contributed by atoms with Crippen molar-refractivity contribution in [1.82, 2.24) is 0 Å². The summed E-state index contributed by atoms with van der Waals surface area (Å²) in [7, 11) is 0. The van der Waals surface area contributed by atoms with Gasteiger partial charge in [-0.05, 0) is 75.0 Å². The van der Waals surface area contributed by atoms with E-state index in [2.05, 4.69) is 64.2 Å². The minimum Gasteiger partial charge on any atom is -0.0885 e. The van der Waals surface area contributed by atoms with Crippen LogP contribution in [0.5, 0.6) is 0 Å². The highest BCUT2D eigenvalue weighted by Crippen LogP contribution is 2.43. The fourth-order valence-corrected chi connectivity index (χ4v) is 6.26. The van der Waals surface area contributed by atoms with Crippen molar-refractivity contribution >= 4 is 0 Å². The molecule has 36 heavy (non-hydrogen) atoms. The second kappa shape index (κ2) is 24.6. The van der Waals surface area contributed by atoms with Gasteiger partial charge in [0.05, 0.1) is 0 Å². The van der Waals surface area contributed by atoms with Crippen LogP contribution in [-0.2, 0) is 0 Å². The molecule has 0 spiro atoms. The Morgan fingerprint density at radius 2 is 0.778 bits per heavy atom. The Morgan fingerprint density at radius 1 is 0.417 bits per heavy atom. The summed E-state index contributed by atoms with van der Waals surface area (Å²) in [6.07, 6.45) is 45.8. The van der Waals surface area contributed by atoms with Gasteiger partial charge in [0.15, 0.2) is 0 Å². The van der Waals surface area contributed by atoms with Crippen LogP contribution in [0.3, 0.4) is 0 Å². The molecule has 4 atom stereocenters. The molecule has 0 aromatic rings. The van der Waals surface area contributed by atoms with Crippen LogP contribution in [0.1, 0.15) is 169 Å². The van der Waals surface area contributed by atoms with Gasteiger partial charge in [0, 0.05) is 0 Å². The topological polar surface area (TPSA) is 0 Å². The molecule has 0 aromatic carbocycles. The van der Waals surface area contributed by atoms with Crippen LogP contribution in [0.4, 0.5) is 0 Å². The summed E-state index contributed by atoms with van der Waals surface area (Å²) in [5, 5.41) is 0. The van der Waals surface area contributed by atoms with Crippen molar-refractivity contribution in [2.75, 3.05) is 0 Å². The van der Waals surface area contributed by atoms with Crippen LogP contribution in [0.2, 0.25) is 0 Å². The van der Waals surface area contributed by atoms with Crippen molar-refractivity contribution in [1.29, 1.82) is 0 Å². The summed E-state index contributed by atoms with van der Waals surface area (Å²) in [4.78, 5) is 0. The van der Waals surface area contributed by atoms with Crippen molar-refractivity contribution in [2.45, 2.75) is 169 Å². The largest absolute Gasteiger partial charge is 0.0885 e. The Morgan fingerprint density at radius 3 is 1.22 bits per heavy atom. The summed E-state index contributed by atoms with van der Waals surface area (Å²) in [5.74, 6) is 3.26. The third kappa shape index (κ3) is 16.1. The molecule has 1 aliphatic rings. The maximum Gasteiger partial charge on any atom is -0.0199 e. The van der Waals surface area contributed by atoms with Gasteiger partial charge < -0.3 is 0 Å². The normalized spacial score (nSPS) is 22.3. The van der Waals surface area contributed by atoms with Crippen molar-refractivity contribution in [3.8, 4) is 0 Å². The van der Waals surface area contributed by atoms with Crippen LogP contribution >= 0.6 is 0 Å². The molecule has 0 aliphatic heterocycles. The zero-order chi connectivity index (χ0) is 26.1. The number of hydrogen-bond donors (Lipinski definition) is 0. The molecule has 210 valence electrons. The lowest BCUT2D eigenvalue weighted by atomic mass is 9.65. The zero-order valence-corrected chi connectivity index (χ0v) is 25.3. The van der Waals surface area contributed by atoms with Crippen molar-refractivity contribution in [2.24, 2.45) is 23.7 Å². The minimum atomic E-state index is 0.793. The summed E-state index contributed by atoms with van der Waals surface area (Å²) >= 11 is 0. The lowest BCUT2D eigenvalue weighted by Crippen LogP contribution is -2.31. The van der Waals surface area contributed by atoms with Gasteiger partial charge in [-0.1, -0.05) is 154 Å². The van der Waals surface area contributed by atoms with Crippen molar-refractivity contribution < 1.29 is 0 Å². The Labute approximate surface area is 228 Å². The van der Waals surface area contributed by atoms with Gasteiger partial charge in [0.1, 0.15) is 0 Å². The van der Waals surface area contributed by atoms with Crippen LogP contribution < -0.4 is 0 Å². The second-order valence-corrected chi connectivity index (χ2v) is 11.9. The maximum absolute atomic E-state index is 2.69. The molecule has 0 nitrogen and oxygen atoms in total. The zero-order valence-electron chi connectivity index (χ0n) is 25.3. The van der Waals surface area contributed by atoms with Crippen LogP contribution in [-0.4, -0.2) is 0 Å². The summed E-state index contributed by atoms with van der Waals surface area (Å²) in [6, 6.07) is 0. The van der Waals surface area contributed by atoms with E-state index in [0.717, 1.165) is 23.7 Å². The highest BCUT2D eigenvalue weighted by molar-refractivity contribution is 5.08. The highest BCUT2D eigenvalue weighted by atomic mass is 14.4. The second-order valence-electron chi connectivity index (χ2n) is 11.9. The maximum atomic E-state index is 2.69. The summed E-state index contributed by atoms with van der Waals surface area (Å²) in [6.45, 7) is 9.28. The van der Waals surface area contributed by atoms with Gasteiger partial charge in [0.2, 0.25) is 0 Å². The predicted molar refractivity (Wildman–Crippen MR) is 166 cm³/mol. The first-order chi connectivity index (χ1) is 17.8. The van der Waals surface area contributed by atoms with Gasteiger partial charge in [-0.25, -0.2) is 0 Å². The number of rotatable bonds is 24. The van der Waals surface area contributed by atoms with Gasteiger partial charge in [-0.15, -0.1) is 0 Å². The van der Waals surface area contributed by atoms with Crippen molar-refractivity contribution in [3.05, 3.63) is 36.5 Å². The van der Waals surface area contributed by atoms with E-state index in [9.17, 15) is 0 Å². The molecule has 0 saturated heterocycles. The molecule has 0 N–H and O–H groups in total. The van der Waals surface area contributed by atoms with E-state index in [1.165, 1.54) is 141 Å². The van der Waals surface area contributed by atoms with Crippen LogP contribution in [0.15, 0.2) is 36.5 Å². The van der Waals surface area contributed by atoms with E-state index < -0.39 is 0 Å². The number of unbranched alkanes of at least 4 members (excludes halogenated alkanes) is 14. The lowest BCUT2D eigenvalue weighted by molar-refractivity contribution is 0.175. The van der Waals surface area contributed by atoms with Gasteiger partial charge >= 0.3 is 0 Å². The minimum absolute atomic E-state index is 0.793. The van der Waals surface area contributed by atoms with E-state index in [4.69, 9.17) is 0 Å². The molecule has 0 heteroatoms. The Balaban J connectivity index is 2.86. The molecule has 0 aromatic heterocycles. The molecule has 1 rings (SSSR count). The lowest BCUT2D eigenvalue weighted by Gasteiger charge is -2.40. The molecule has 0 amide bonds. The molecule has 0 heterocycles. The Hall–Kier alpha value is -0.780. The average Bonchev–Trinajstić information content (AvgIpc) is 2.89. The van der Waals surface area contributed by atoms with E-state index in [1.54, 1.807) is 0 Å². The Bertz CT molecular complexity index is 538. The Kier molecular flexibility index (Phi) is 22.7. The third-order valence-corrected chi connectivity index (χ3v) is 8.64. The summed E-state index contributed by atoms with van der Waals surface area (Å²) < 4.78 is 0. The number of allylic oxidation sites excluding steroid dienone is 6. The molecule has 0 radical (unpaired) electrons. The van der Waals surface area contributed by atoms with Crippen LogP contribution in [0, 0.1) is 23.7 Å². The molecular formula is C36H66. The monoisotopic (exact) mass is 499 g/mol. The average molecular weight is 499 g/mol.